The molecule has 0 aliphatic carbocycles. The molecule has 108 valence electrons. The Hall–Kier alpha value is -1.06. The van der Waals surface area contributed by atoms with Gasteiger partial charge in [0, 0.05) is 6.54 Å². The lowest BCUT2D eigenvalue weighted by Crippen LogP contribution is -2.34. The van der Waals surface area contributed by atoms with Gasteiger partial charge in [-0.3, -0.25) is 0 Å². The molecule has 0 amide bonds. The van der Waals surface area contributed by atoms with E-state index in [0.29, 0.717) is 19.1 Å². The quantitative estimate of drug-likeness (QED) is 0.721. The molecular weight excluding hydrogens is 238 g/mol. The second kappa shape index (κ2) is 8.94. The predicted molar refractivity (Wildman–Crippen MR) is 79.6 cm³/mol. The molecule has 0 heterocycles. The molecule has 1 rings (SSSR count). The molecule has 1 aromatic rings. The monoisotopic (exact) mass is 265 g/mol. The third kappa shape index (κ3) is 6.60. The molecule has 1 atom stereocenters. The first-order valence-corrected chi connectivity index (χ1v) is 7.23. The summed E-state index contributed by atoms with van der Waals surface area (Å²) < 4.78 is 5.57. The summed E-state index contributed by atoms with van der Waals surface area (Å²) in [6, 6.07) is 7.88. The fraction of sp³-hybridized carbons (Fsp3) is 0.625. The number of aliphatic hydroxyl groups excluding tert-OH is 1. The van der Waals surface area contributed by atoms with E-state index >= 15 is 0 Å². The molecule has 0 saturated carbocycles. The van der Waals surface area contributed by atoms with Gasteiger partial charge >= 0.3 is 0 Å². The van der Waals surface area contributed by atoms with Gasteiger partial charge in [-0.05, 0) is 37.1 Å². The van der Waals surface area contributed by atoms with Crippen molar-refractivity contribution < 1.29 is 9.84 Å². The minimum absolute atomic E-state index is 0.333. The van der Waals surface area contributed by atoms with Crippen LogP contribution < -0.4 is 10.1 Å². The van der Waals surface area contributed by atoms with Crippen LogP contribution in [0.3, 0.4) is 0 Å². The highest BCUT2D eigenvalue weighted by Gasteiger charge is 2.07. The SMILES string of the molecule is CCC(CC)CNCC(O)COc1cccc(C)c1. The summed E-state index contributed by atoms with van der Waals surface area (Å²) in [5.74, 6) is 1.52. The van der Waals surface area contributed by atoms with E-state index in [2.05, 4.69) is 19.2 Å². The third-order valence-corrected chi connectivity index (χ3v) is 3.40. The van der Waals surface area contributed by atoms with E-state index in [1.165, 1.54) is 18.4 Å². The molecule has 0 aliphatic rings. The van der Waals surface area contributed by atoms with Crippen molar-refractivity contribution in [1.29, 1.82) is 0 Å². The second-order valence-electron chi connectivity index (χ2n) is 5.12. The number of hydrogen-bond donors (Lipinski definition) is 2. The highest BCUT2D eigenvalue weighted by molar-refractivity contribution is 5.27. The van der Waals surface area contributed by atoms with E-state index in [1.807, 2.05) is 31.2 Å². The Balaban J connectivity index is 2.19. The van der Waals surface area contributed by atoms with Gasteiger partial charge in [-0.1, -0.05) is 38.8 Å². The van der Waals surface area contributed by atoms with Crippen LogP contribution in [0.1, 0.15) is 32.3 Å². The first kappa shape index (κ1) is 16.0. The van der Waals surface area contributed by atoms with Gasteiger partial charge in [0.15, 0.2) is 0 Å². The van der Waals surface area contributed by atoms with Crippen molar-refractivity contribution in [2.45, 2.75) is 39.7 Å². The van der Waals surface area contributed by atoms with Crippen molar-refractivity contribution >= 4 is 0 Å². The maximum Gasteiger partial charge on any atom is 0.119 e. The topological polar surface area (TPSA) is 41.5 Å². The van der Waals surface area contributed by atoms with Crippen LogP contribution in [0.2, 0.25) is 0 Å². The maximum atomic E-state index is 9.85. The molecular formula is C16H27NO2. The van der Waals surface area contributed by atoms with Crippen LogP contribution in [-0.2, 0) is 0 Å². The summed E-state index contributed by atoms with van der Waals surface area (Å²) in [5, 5.41) is 13.2. The molecule has 3 heteroatoms. The fourth-order valence-corrected chi connectivity index (χ4v) is 1.99. The van der Waals surface area contributed by atoms with Gasteiger partial charge in [0.1, 0.15) is 18.5 Å². The zero-order chi connectivity index (χ0) is 14.1. The van der Waals surface area contributed by atoms with Crippen LogP contribution in [-0.4, -0.2) is 30.9 Å². The minimum atomic E-state index is -0.463. The zero-order valence-electron chi connectivity index (χ0n) is 12.4. The van der Waals surface area contributed by atoms with Crippen molar-refractivity contribution in [1.82, 2.24) is 5.32 Å². The van der Waals surface area contributed by atoms with Crippen molar-refractivity contribution in [3.63, 3.8) is 0 Å². The normalized spacial score (nSPS) is 12.7. The minimum Gasteiger partial charge on any atom is -0.491 e. The maximum absolute atomic E-state index is 9.85. The van der Waals surface area contributed by atoms with Crippen LogP contribution in [0, 0.1) is 12.8 Å². The summed E-state index contributed by atoms with van der Waals surface area (Å²) in [7, 11) is 0. The van der Waals surface area contributed by atoms with Gasteiger partial charge in [-0.2, -0.15) is 0 Å². The van der Waals surface area contributed by atoms with Crippen LogP contribution in [0.4, 0.5) is 0 Å². The standard InChI is InChI=1S/C16H27NO2/c1-4-14(5-2)10-17-11-15(18)12-19-16-8-6-7-13(3)9-16/h6-9,14-15,17-18H,4-5,10-12H2,1-3H3. The zero-order valence-corrected chi connectivity index (χ0v) is 12.4. The van der Waals surface area contributed by atoms with Crippen LogP contribution >= 0.6 is 0 Å². The lowest BCUT2D eigenvalue weighted by molar-refractivity contribution is 0.105. The molecule has 0 bridgehead atoms. The largest absolute Gasteiger partial charge is 0.491 e. The van der Waals surface area contributed by atoms with Gasteiger partial charge in [0.25, 0.3) is 0 Å². The fourth-order valence-electron chi connectivity index (χ4n) is 1.99. The van der Waals surface area contributed by atoms with Crippen LogP contribution in [0.5, 0.6) is 5.75 Å². The Bertz CT molecular complexity index is 350. The summed E-state index contributed by atoms with van der Waals surface area (Å²) in [6.45, 7) is 8.32. The predicted octanol–water partition coefficient (Wildman–Crippen LogP) is 2.76. The average Bonchev–Trinajstić information content (AvgIpc) is 2.41. The molecule has 1 aromatic carbocycles. The van der Waals surface area contributed by atoms with E-state index in [-0.39, 0.29) is 0 Å². The lowest BCUT2D eigenvalue weighted by atomic mass is 10.0. The molecule has 19 heavy (non-hydrogen) atoms. The first-order chi connectivity index (χ1) is 9.15. The van der Waals surface area contributed by atoms with E-state index in [4.69, 9.17) is 4.74 Å². The number of rotatable bonds is 9. The Morgan fingerprint density at radius 3 is 2.58 bits per heavy atom. The lowest BCUT2D eigenvalue weighted by Gasteiger charge is -2.16. The van der Waals surface area contributed by atoms with Gasteiger partial charge in [0.05, 0.1) is 0 Å². The van der Waals surface area contributed by atoms with Gasteiger partial charge in [0.2, 0.25) is 0 Å². The molecule has 0 saturated heterocycles. The first-order valence-electron chi connectivity index (χ1n) is 7.23. The smallest absolute Gasteiger partial charge is 0.119 e. The Kier molecular flexibility index (Phi) is 7.53. The van der Waals surface area contributed by atoms with Crippen LogP contribution in [0.25, 0.3) is 0 Å². The second-order valence-corrected chi connectivity index (χ2v) is 5.12. The van der Waals surface area contributed by atoms with Crippen molar-refractivity contribution in [2.75, 3.05) is 19.7 Å². The summed E-state index contributed by atoms with van der Waals surface area (Å²) in [5.41, 5.74) is 1.17. The summed E-state index contributed by atoms with van der Waals surface area (Å²) >= 11 is 0. The molecule has 0 fully saturated rings. The van der Waals surface area contributed by atoms with Crippen molar-refractivity contribution in [3.05, 3.63) is 29.8 Å². The highest BCUT2D eigenvalue weighted by atomic mass is 16.5. The molecule has 0 radical (unpaired) electrons. The molecule has 0 aliphatic heterocycles. The van der Waals surface area contributed by atoms with Gasteiger partial charge in [-0.15, -0.1) is 0 Å². The number of benzene rings is 1. The molecule has 0 aromatic heterocycles. The molecule has 0 spiro atoms. The summed E-state index contributed by atoms with van der Waals surface area (Å²) in [6.07, 6.45) is 1.90. The van der Waals surface area contributed by atoms with E-state index in [9.17, 15) is 5.11 Å². The summed E-state index contributed by atoms with van der Waals surface area (Å²) in [4.78, 5) is 0. The Labute approximate surface area is 117 Å². The van der Waals surface area contributed by atoms with E-state index in [0.717, 1.165) is 12.3 Å². The van der Waals surface area contributed by atoms with Gasteiger partial charge in [-0.25, -0.2) is 0 Å². The highest BCUT2D eigenvalue weighted by Crippen LogP contribution is 2.12. The van der Waals surface area contributed by atoms with E-state index in [1.54, 1.807) is 0 Å². The molecule has 3 nitrogen and oxygen atoms in total. The number of nitrogens with one attached hydrogen (secondary N) is 1. The number of aryl methyl sites for hydroxylation is 1. The molecule has 1 unspecified atom stereocenters. The number of ether oxygens (including phenoxy) is 1. The number of aliphatic hydroxyl groups is 1. The van der Waals surface area contributed by atoms with Gasteiger partial charge < -0.3 is 15.2 Å². The Morgan fingerprint density at radius 1 is 1.21 bits per heavy atom. The molecule has 2 N–H and O–H groups in total. The van der Waals surface area contributed by atoms with Crippen LogP contribution in [0.15, 0.2) is 24.3 Å². The Morgan fingerprint density at radius 2 is 1.95 bits per heavy atom. The van der Waals surface area contributed by atoms with Crippen molar-refractivity contribution in [3.8, 4) is 5.75 Å². The average molecular weight is 265 g/mol. The number of hydrogen-bond acceptors (Lipinski definition) is 3. The van der Waals surface area contributed by atoms with Crippen molar-refractivity contribution in [2.24, 2.45) is 5.92 Å². The third-order valence-electron chi connectivity index (χ3n) is 3.40. The van der Waals surface area contributed by atoms with E-state index < -0.39 is 6.10 Å².